The van der Waals surface area contributed by atoms with E-state index in [2.05, 4.69) is 20.9 Å². The van der Waals surface area contributed by atoms with Crippen molar-refractivity contribution < 1.29 is 0 Å². The second-order valence-corrected chi connectivity index (χ2v) is 3.09. The average molecular weight is 216 g/mol. The van der Waals surface area contributed by atoms with E-state index in [4.69, 9.17) is 11.5 Å². The van der Waals surface area contributed by atoms with Crippen molar-refractivity contribution in [3.8, 4) is 0 Å². The van der Waals surface area contributed by atoms with Gasteiger partial charge in [0.2, 0.25) is 0 Å². The first-order chi connectivity index (χ1) is 5.26. The molecule has 0 aliphatic rings. The summed E-state index contributed by atoms with van der Waals surface area (Å²) < 4.78 is 0.980. The smallest absolute Gasteiger partial charge is 0.0554 e. The van der Waals surface area contributed by atoms with E-state index in [1.165, 1.54) is 0 Å². The number of rotatable bonds is 2. The molecule has 11 heavy (non-hydrogen) atoms. The molecule has 0 saturated carbocycles. The van der Waals surface area contributed by atoms with Crippen molar-refractivity contribution in [2.24, 2.45) is 11.5 Å². The highest BCUT2D eigenvalue weighted by atomic mass is 79.9. The van der Waals surface area contributed by atoms with Gasteiger partial charge in [0.1, 0.15) is 0 Å². The van der Waals surface area contributed by atoms with E-state index >= 15 is 0 Å². The first-order valence-electron chi connectivity index (χ1n) is 3.31. The van der Waals surface area contributed by atoms with Crippen LogP contribution < -0.4 is 11.5 Å². The summed E-state index contributed by atoms with van der Waals surface area (Å²) in [5, 5.41) is 0. The molecule has 0 bridgehead atoms. The molecule has 0 radical (unpaired) electrons. The van der Waals surface area contributed by atoms with Gasteiger partial charge in [-0.25, -0.2) is 0 Å². The third-order valence-electron chi connectivity index (χ3n) is 1.31. The summed E-state index contributed by atoms with van der Waals surface area (Å²) in [4.78, 5) is 4.19. The van der Waals surface area contributed by atoms with Crippen molar-refractivity contribution in [3.63, 3.8) is 0 Å². The highest BCUT2D eigenvalue weighted by Gasteiger charge is 1.97. The average Bonchev–Trinajstić information content (AvgIpc) is 2.03. The Morgan fingerprint density at radius 1 is 1.18 bits per heavy atom. The molecule has 0 amide bonds. The zero-order chi connectivity index (χ0) is 8.27. The minimum absolute atomic E-state index is 0.451. The summed E-state index contributed by atoms with van der Waals surface area (Å²) in [6.07, 6.45) is 0. The Kier molecular flexibility index (Phi) is 2.99. The van der Waals surface area contributed by atoms with E-state index in [0.717, 1.165) is 15.9 Å². The minimum atomic E-state index is 0.451. The second kappa shape index (κ2) is 3.80. The minimum Gasteiger partial charge on any atom is -0.325 e. The molecule has 0 aliphatic carbocycles. The molecule has 4 N–H and O–H groups in total. The number of nitrogens with zero attached hydrogens (tertiary/aromatic N) is 1. The Hall–Kier alpha value is -0.450. The lowest BCUT2D eigenvalue weighted by atomic mass is 10.3. The summed E-state index contributed by atoms with van der Waals surface area (Å²) in [5.41, 5.74) is 12.6. The van der Waals surface area contributed by atoms with Gasteiger partial charge in [0.15, 0.2) is 0 Å². The van der Waals surface area contributed by atoms with Gasteiger partial charge in [-0.05, 0) is 12.1 Å². The zero-order valence-corrected chi connectivity index (χ0v) is 7.63. The molecule has 0 saturated heterocycles. The van der Waals surface area contributed by atoms with Gasteiger partial charge in [-0.1, -0.05) is 15.9 Å². The molecule has 4 heteroatoms. The van der Waals surface area contributed by atoms with Crippen molar-refractivity contribution in [3.05, 3.63) is 28.0 Å². The molecule has 0 aliphatic heterocycles. The topological polar surface area (TPSA) is 64.9 Å². The summed E-state index contributed by atoms with van der Waals surface area (Å²) in [7, 11) is 0. The largest absolute Gasteiger partial charge is 0.325 e. The quantitative estimate of drug-likeness (QED) is 0.766. The van der Waals surface area contributed by atoms with Crippen molar-refractivity contribution in [1.29, 1.82) is 0 Å². The van der Waals surface area contributed by atoms with E-state index in [0.29, 0.717) is 13.1 Å². The monoisotopic (exact) mass is 215 g/mol. The van der Waals surface area contributed by atoms with Crippen molar-refractivity contribution >= 4 is 15.9 Å². The van der Waals surface area contributed by atoms with Crippen LogP contribution in [0.4, 0.5) is 0 Å². The second-order valence-electron chi connectivity index (χ2n) is 2.18. The van der Waals surface area contributed by atoms with Crippen molar-refractivity contribution in [1.82, 2.24) is 4.98 Å². The fourth-order valence-electron chi connectivity index (χ4n) is 0.818. The van der Waals surface area contributed by atoms with Crippen LogP contribution in [0.3, 0.4) is 0 Å². The van der Waals surface area contributed by atoms with E-state index in [1.807, 2.05) is 12.1 Å². The lowest BCUT2D eigenvalue weighted by Crippen LogP contribution is -2.05. The van der Waals surface area contributed by atoms with Crippen LogP contribution in [0, 0.1) is 0 Å². The lowest BCUT2D eigenvalue weighted by Gasteiger charge is -2.00. The molecule has 1 aromatic rings. The highest BCUT2D eigenvalue weighted by molar-refractivity contribution is 9.10. The number of halogens is 1. The molecule has 1 heterocycles. The van der Waals surface area contributed by atoms with Crippen LogP contribution in [-0.2, 0) is 13.1 Å². The van der Waals surface area contributed by atoms with Crippen LogP contribution in [0.25, 0.3) is 0 Å². The number of nitrogens with two attached hydrogens (primary N) is 2. The van der Waals surface area contributed by atoms with Gasteiger partial charge in [0.05, 0.1) is 11.4 Å². The fourth-order valence-corrected chi connectivity index (χ4v) is 1.35. The third kappa shape index (κ3) is 2.25. The van der Waals surface area contributed by atoms with Crippen LogP contribution in [0.5, 0.6) is 0 Å². The van der Waals surface area contributed by atoms with Gasteiger partial charge < -0.3 is 11.5 Å². The predicted molar refractivity (Wildman–Crippen MR) is 47.7 cm³/mol. The molecule has 0 atom stereocenters. The van der Waals surface area contributed by atoms with E-state index in [1.54, 1.807) is 0 Å². The lowest BCUT2D eigenvalue weighted by molar-refractivity contribution is 0.913. The zero-order valence-electron chi connectivity index (χ0n) is 6.05. The standard InChI is InChI=1S/C7H10BrN3/c8-5-1-6(3-9)11-7(2-5)4-10/h1-2H,3-4,9-10H2. The van der Waals surface area contributed by atoms with Crippen LogP contribution in [0.15, 0.2) is 16.6 Å². The molecule has 0 spiro atoms. The van der Waals surface area contributed by atoms with Gasteiger partial charge in [-0.2, -0.15) is 0 Å². The Balaban J connectivity index is 3.02. The highest BCUT2D eigenvalue weighted by Crippen LogP contribution is 2.11. The summed E-state index contributed by atoms with van der Waals surface area (Å²) >= 11 is 3.34. The molecular formula is C7H10BrN3. The predicted octanol–water partition coefficient (Wildman–Crippen LogP) is 0.762. The molecular weight excluding hydrogens is 206 g/mol. The molecule has 3 nitrogen and oxygen atoms in total. The Morgan fingerprint density at radius 2 is 1.64 bits per heavy atom. The maximum absolute atomic E-state index is 5.42. The Labute approximate surface area is 73.9 Å². The van der Waals surface area contributed by atoms with Gasteiger partial charge >= 0.3 is 0 Å². The van der Waals surface area contributed by atoms with Gasteiger partial charge in [-0.15, -0.1) is 0 Å². The van der Waals surface area contributed by atoms with Gasteiger partial charge in [0, 0.05) is 17.6 Å². The number of hydrogen-bond donors (Lipinski definition) is 2. The Morgan fingerprint density at radius 3 is 2.00 bits per heavy atom. The first-order valence-corrected chi connectivity index (χ1v) is 4.11. The van der Waals surface area contributed by atoms with Crippen molar-refractivity contribution in [2.75, 3.05) is 0 Å². The molecule has 0 unspecified atom stereocenters. The fraction of sp³-hybridized carbons (Fsp3) is 0.286. The number of aromatic nitrogens is 1. The number of pyridine rings is 1. The third-order valence-corrected chi connectivity index (χ3v) is 1.77. The van der Waals surface area contributed by atoms with E-state index < -0.39 is 0 Å². The molecule has 60 valence electrons. The molecule has 1 aromatic heterocycles. The van der Waals surface area contributed by atoms with Gasteiger partial charge in [-0.3, -0.25) is 4.98 Å². The van der Waals surface area contributed by atoms with Crippen LogP contribution >= 0.6 is 15.9 Å². The summed E-state index contributed by atoms with van der Waals surface area (Å²) in [6, 6.07) is 3.78. The van der Waals surface area contributed by atoms with Crippen LogP contribution in [0.1, 0.15) is 11.4 Å². The maximum atomic E-state index is 5.42. The van der Waals surface area contributed by atoms with E-state index in [-0.39, 0.29) is 0 Å². The van der Waals surface area contributed by atoms with Crippen LogP contribution in [0.2, 0.25) is 0 Å². The Bertz CT molecular complexity index is 227. The summed E-state index contributed by atoms with van der Waals surface area (Å²) in [6.45, 7) is 0.902. The van der Waals surface area contributed by atoms with Crippen molar-refractivity contribution in [2.45, 2.75) is 13.1 Å². The molecule has 1 rings (SSSR count). The maximum Gasteiger partial charge on any atom is 0.0554 e. The first kappa shape index (κ1) is 8.64. The van der Waals surface area contributed by atoms with Gasteiger partial charge in [0.25, 0.3) is 0 Å². The number of hydrogen-bond acceptors (Lipinski definition) is 3. The molecule has 0 fully saturated rings. The molecule has 0 aromatic carbocycles. The summed E-state index contributed by atoms with van der Waals surface area (Å²) in [5.74, 6) is 0. The van der Waals surface area contributed by atoms with E-state index in [9.17, 15) is 0 Å². The van der Waals surface area contributed by atoms with Crippen LogP contribution in [-0.4, -0.2) is 4.98 Å². The normalized spacial score (nSPS) is 10.1. The SMILES string of the molecule is NCc1cc(Br)cc(CN)n1.